The van der Waals surface area contributed by atoms with E-state index in [0.29, 0.717) is 21.4 Å². The van der Waals surface area contributed by atoms with Crippen LogP contribution in [-0.4, -0.2) is 24.5 Å². The number of aromatic nitrogens is 2. The molecule has 2 aromatic carbocycles. The smallest absolute Gasteiger partial charge is 0.269 e. The molecule has 35 heavy (non-hydrogen) atoms. The van der Waals surface area contributed by atoms with Gasteiger partial charge in [0.25, 0.3) is 10.0 Å². The molecule has 0 atom stereocenters. The van der Waals surface area contributed by atoms with Crippen LogP contribution in [0.15, 0.2) is 71.9 Å². The van der Waals surface area contributed by atoms with Gasteiger partial charge in [0.2, 0.25) is 0 Å². The molecule has 0 aliphatic carbocycles. The first kappa shape index (κ1) is 23.5. The van der Waals surface area contributed by atoms with E-state index in [-0.39, 0.29) is 27.4 Å². The minimum Gasteiger partial charge on any atom is -0.493 e. The Kier molecular flexibility index (Phi) is 5.86. The second-order valence-electron chi connectivity index (χ2n) is 7.82. The van der Waals surface area contributed by atoms with E-state index >= 15 is 0 Å². The maximum atomic E-state index is 14.6. The standard InChI is InChI=1S/C25H17ClF2N2O3S2/c1-14-3-5-17(6-4-14)35(31,32)30-13-20(18-10-16(27)11-21(28)24(18)33-2)19-9-15(12-29-25(19)30)22-7-8-23(26)34-22/h3-13H,1-2H3. The Balaban J connectivity index is 1.83. The zero-order valence-corrected chi connectivity index (χ0v) is 20.8. The van der Waals surface area contributed by atoms with E-state index in [2.05, 4.69) is 4.98 Å². The molecule has 0 saturated heterocycles. The lowest BCUT2D eigenvalue weighted by Gasteiger charge is -2.09. The molecule has 0 unspecified atom stereocenters. The summed E-state index contributed by atoms with van der Waals surface area (Å²) in [4.78, 5) is 5.30. The minimum absolute atomic E-state index is 0.0554. The van der Waals surface area contributed by atoms with Gasteiger partial charge in [-0.2, -0.15) is 0 Å². The van der Waals surface area contributed by atoms with Crippen molar-refractivity contribution in [3.8, 4) is 27.3 Å². The van der Waals surface area contributed by atoms with E-state index in [1.54, 1.807) is 30.5 Å². The Morgan fingerprint density at radius 2 is 1.77 bits per heavy atom. The van der Waals surface area contributed by atoms with Gasteiger partial charge >= 0.3 is 0 Å². The summed E-state index contributed by atoms with van der Waals surface area (Å²) in [6.07, 6.45) is 2.85. The molecule has 0 aliphatic rings. The van der Waals surface area contributed by atoms with Crippen LogP contribution >= 0.6 is 22.9 Å². The first-order chi connectivity index (χ1) is 16.7. The van der Waals surface area contributed by atoms with E-state index in [1.807, 2.05) is 13.0 Å². The molecule has 3 heterocycles. The first-order valence-corrected chi connectivity index (χ1v) is 12.9. The minimum atomic E-state index is -4.08. The highest BCUT2D eigenvalue weighted by atomic mass is 35.5. The maximum absolute atomic E-state index is 14.6. The van der Waals surface area contributed by atoms with Crippen LogP contribution in [0.1, 0.15) is 5.56 Å². The highest BCUT2D eigenvalue weighted by molar-refractivity contribution is 7.90. The number of halogens is 3. The average Bonchev–Trinajstić information content (AvgIpc) is 3.42. The predicted molar refractivity (Wildman–Crippen MR) is 134 cm³/mol. The third-order valence-electron chi connectivity index (χ3n) is 5.55. The molecule has 0 aliphatic heterocycles. The zero-order chi connectivity index (χ0) is 24.9. The fraction of sp³-hybridized carbons (Fsp3) is 0.0800. The van der Waals surface area contributed by atoms with Crippen LogP contribution in [0.4, 0.5) is 8.78 Å². The van der Waals surface area contributed by atoms with Crippen LogP contribution in [-0.2, 0) is 10.0 Å². The molecule has 0 spiro atoms. The van der Waals surface area contributed by atoms with Crippen LogP contribution in [0.5, 0.6) is 5.75 Å². The van der Waals surface area contributed by atoms with Gasteiger partial charge in [0, 0.05) is 45.4 Å². The van der Waals surface area contributed by atoms with Crippen molar-refractivity contribution in [2.75, 3.05) is 7.11 Å². The second kappa shape index (κ2) is 8.75. The summed E-state index contributed by atoms with van der Waals surface area (Å²) in [5, 5.41) is 0.381. The summed E-state index contributed by atoms with van der Waals surface area (Å²) in [5.41, 5.74) is 2.01. The summed E-state index contributed by atoms with van der Waals surface area (Å²) in [6.45, 7) is 1.85. The van der Waals surface area contributed by atoms with Gasteiger partial charge in [-0.25, -0.2) is 26.2 Å². The largest absolute Gasteiger partial charge is 0.493 e. The molecular formula is C25H17ClF2N2O3S2. The molecule has 10 heteroatoms. The van der Waals surface area contributed by atoms with Crippen LogP contribution < -0.4 is 4.74 Å². The summed E-state index contributed by atoms with van der Waals surface area (Å²) < 4.78 is 62.8. The van der Waals surface area contributed by atoms with E-state index in [4.69, 9.17) is 16.3 Å². The average molecular weight is 531 g/mol. The monoisotopic (exact) mass is 530 g/mol. The molecule has 0 saturated carbocycles. The molecule has 0 bridgehead atoms. The molecule has 0 fully saturated rings. The summed E-state index contributed by atoms with van der Waals surface area (Å²) >= 11 is 7.42. The third kappa shape index (κ3) is 4.09. The van der Waals surface area contributed by atoms with Gasteiger partial charge in [0.15, 0.2) is 17.2 Å². The number of rotatable bonds is 5. The maximum Gasteiger partial charge on any atom is 0.269 e. The molecule has 5 nitrogen and oxygen atoms in total. The normalized spacial score (nSPS) is 11.8. The van der Waals surface area contributed by atoms with Crippen molar-refractivity contribution in [3.63, 3.8) is 0 Å². The second-order valence-corrected chi connectivity index (χ2v) is 11.4. The number of benzene rings is 2. The van der Waals surface area contributed by atoms with Crippen LogP contribution in [0.25, 0.3) is 32.6 Å². The zero-order valence-electron chi connectivity index (χ0n) is 18.4. The number of pyridine rings is 1. The van der Waals surface area contributed by atoms with E-state index in [0.717, 1.165) is 20.5 Å². The van der Waals surface area contributed by atoms with Gasteiger partial charge in [-0.3, -0.25) is 0 Å². The number of nitrogens with zero attached hydrogens (tertiary/aromatic N) is 2. The molecule has 0 N–H and O–H groups in total. The summed E-state index contributed by atoms with van der Waals surface area (Å²) in [5.74, 6) is -1.93. The molecule has 0 amide bonds. The number of ether oxygens (including phenoxy) is 1. The third-order valence-corrected chi connectivity index (χ3v) is 8.49. The van der Waals surface area contributed by atoms with Crippen molar-refractivity contribution in [1.29, 1.82) is 0 Å². The van der Waals surface area contributed by atoms with Crippen LogP contribution in [0.3, 0.4) is 0 Å². The van der Waals surface area contributed by atoms with E-state index < -0.39 is 21.7 Å². The number of fused-ring (bicyclic) bond motifs is 1. The lowest BCUT2D eigenvalue weighted by atomic mass is 10.0. The molecule has 5 aromatic rings. The number of thiophene rings is 1. The molecular weight excluding hydrogens is 514 g/mol. The highest BCUT2D eigenvalue weighted by Gasteiger charge is 2.26. The van der Waals surface area contributed by atoms with Crippen LogP contribution in [0.2, 0.25) is 4.34 Å². The van der Waals surface area contributed by atoms with Gasteiger partial charge in [-0.15, -0.1) is 11.3 Å². The molecule has 3 aromatic heterocycles. The molecule has 0 radical (unpaired) electrons. The van der Waals surface area contributed by atoms with Gasteiger partial charge in [-0.05, 0) is 43.3 Å². The van der Waals surface area contributed by atoms with Crippen molar-refractivity contribution < 1.29 is 21.9 Å². The van der Waals surface area contributed by atoms with Crippen molar-refractivity contribution in [2.45, 2.75) is 11.8 Å². The Bertz CT molecular complexity index is 1690. The first-order valence-electron chi connectivity index (χ1n) is 10.3. The number of methoxy groups -OCH3 is 1. The van der Waals surface area contributed by atoms with Gasteiger partial charge in [0.05, 0.1) is 16.3 Å². The van der Waals surface area contributed by atoms with Crippen molar-refractivity contribution in [2.24, 2.45) is 0 Å². The lowest BCUT2D eigenvalue weighted by Crippen LogP contribution is -2.12. The van der Waals surface area contributed by atoms with E-state index in [1.165, 1.54) is 36.8 Å². The van der Waals surface area contributed by atoms with E-state index in [9.17, 15) is 17.2 Å². The Hall–Kier alpha value is -3.27. The highest BCUT2D eigenvalue weighted by Crippen LogP contribution is 2.41. The van der Waals surface area contributed by atoms with Crippen LogP contribution in [0, 0.1) is 18.6 Å². The fourth-order valence-electron chi connectivity index (χ4n) is 3.87. The van der Waals surface area contributed by atoms with Gasteiger partial charge < -0.3 is 4.74 Å². The molecule has 178 valence electrons. The Morgan fingerprint density at radius 1 is 1.03 bits per heavy atom. The SMILES string of the molecule is COc1c(F)cc(F)cc1-c1cn(S(=O)(=O)c2ccc(C)cc2)c2ncc(-c3ccc(Cl)s3)cc12. The number of hydrogen-bond acceptors (Lipinski definition) is 5. The van der Waals surface area contributed by atoms with Crippen molar-refractivity contribution in [1.82, 2.24) is 8.96 Å². The Labute approximate surface area is 209 Å². The van der Waals surface area contributed by atoms with Crippen molar-refractivity contribution >= 4 is 44.0 Å². The number of aryl methyl sites for hydroxylation is 1. The quantitative estimate of drug-likeness (QED) is 0.247. The van der Waals surface area contributed by atoms with Gasteiger partial charge in [-0.1, -0.05) is 29.3 Å². The number of hydrogen-bond donors (Lipinski definition) is 0. The molecule has 5 rings (SSSR count). The predicted octanol–water partition coefficient (Wildman–Crippen LogP) is 6.92. The fourth-order valence-corrected chi connectivity index (χ4v) is 6.22. The van der Waals surface area contributed by atoms with Crippen molar-refractivity contribution in [3.05, 3.63) is 88.5 Å². The summed E-state index contributed by atoms with van der Waals surface area (Å²) in [6, 6.07) is 13.5. The summed E-state index contributed by atoms with van der Waals surface area (Å²) in [7, 11) is -2.81. The topological polar surface area (TPSA) is 61.2 Å². The Morgan fingerprint density at radius 3 is 2.43 bits per heavy atom. The van der Waals surface area contributed by atoms with Gasteiger partial charge in [0.1, 0.15) is 5.82 Å². The lowest BCUT2D eigenvalue weighted by molar-refractivity contribution is 0.386.